The molecule has 1 aromatic rings. The molecule has 3 aliphatic heterocycles. The van der Waals surface area contributed by atoms with Crippen molar-refractivity contribution in [3.05, 3.63) is 38.1 Å². The Kier molecular flexibility index (Phi) is 3.16. The van der Waals surface area contributed by atoms with E-state index in [0.717, 1.165) is 17.1 Å². The number of carbonyl (C=O) groups excluding carboxylic acids is 1. The lowest BCUT2D eigenvalue weighted by atomic mass is 10.0. The highest BCUT2D eigenvalue weighted by molar-refractivity contribution is 8.03. The highest BCUT2D eigenvalue weighted by Gasteiger charge is 2.49. The maximum atomic E-state index is 12.1. The number of nitrogens with zero attached hydrogens (tertiary/aromatic N) is 1. The topological polar surface area (TPSA) is 57.6 Å². The predicted molar refractivity (Wildman–Crippen MR) is 86.1 cm³/mol. The summed E-state index contributed by atoms with van der Waals surface area (Å²) in [6, 6.07) is 2.17. The third-order valence-corrected chi connectivity index (χ3v) is 6.97. The molecule has 0 spiro atoms. The lowest BCUT2D eigenvalue weighted by molar-refractivity contribution is -0.141. The summed E-state index contributed by atoms with van der Waals surface area (Å²) in [5.74, 6) is 0.999. The van der Waals surface area contributed by atoms with Crippen LogP contribution in [0, 0.1) is 0 Å². The molecule has 0 bridgehead atoms. The average molecular weight is 337 g/mol. The molecular weight excluding hydrogens is 326 g/mol. The number of hydrogen-bond acceptors (Lipinski definition) is 5. The molecule has 1 N–H and O–H groups in total. The van der Waals surface area contributed by atoms with Gasteiger partial charge in [0.1, 0.15) is 11.1 Å². The van der Waals surface area contributed by atoms with Crippen LogP contribution >= 0.6 is 34.9 Å². The van der Waals surface area contributed by atoms with E-state index in [2.05, 4.69) is 6.07 Å². The first-order valence-corrected chi connectivity index (χ1v) is 9.40. The van der Waals surface area contributed by atoms with Gasteiger partial charge in [0.05, 0.1) is 5.57 Å². The minimum atomic E-state index is -1.04. The molecule has 1 fully saturated rings. The molecule has 7 heteroatoms. The van der Waals surface area contributed by atoms with Crippen molar-refractivity contribution < 1.29 is 14.7 Å². The van der Waals surface area contributed by atoms with E-state index in [4.69, 9.17) is 5.11 Å². The summed E-state index contributed by atoms with van der Waals surface area (Å²) >= 11 is 5.08. The van der Waals surface area contributed by atoms with Gasteiger partial charge in [-0.15, -0.1) is 23.1 Å². The number of β-lactam (4-membered cyclic amide) rings is 1. The summed E-state index contributed by atoms with van der Waals surface area (Å²) in [4.78, 5) is 27.1. The van der Waals surface area contributed by atoms with E-state index < -0.39 is 5.97 Å². The van der Waals surface area contributed by atoms with Gasteiger partial charge in [0.25, 0.3) is 5.91 Å². The lowest BCUT2D eigenvalue weighted by Crippen LogP contribution is -2.51. The molecule has 0 saturated carbocycles. The molecule has 1 unspecified atom stereocenters. The number of carbonyl (C=O) groups is 2. The molecule has 1 saturated heterocycles. The Morgan fingerprint density at radius 2 is 2.33 bits per heavy atom. The van der Waals surface area contributed by atoms with Crippen molar-refractivity contribution >= 4 is 52.8 Å². The van der Waals surface area contributed by atoms with E-state index >= 15 is 0 Å². The summed E-state index contributed by atoms with van der Waals surface area (Å²) in [5, 5.41) is 10.4. The van der Waals surface area contributed by atoms with Gasteiger partial charge >= 0.3 is 5.97 Å². The summed E-state index contributed by atoms with van der Waals surface area (Å²) < 4.78 is 0. The maximum Gasteiger partial charge on any atom is 0.353 e. The number of amides is 1. The highest BCUT2D eigenvalue weighted by atomic mass is 32.2. The van der Waals surface area contributed by atoms with Gasteiger partial charge < -0.3 is 5.11 Å². The Hall–Kier alpha value is -1.18. The predicted octanol–water partition coefficient (Wildman–Crippen LogP) is 2.76. The highest BCUT2D eigenvalue weighted by Crippen LogP contribution is 2.45. The van der Waals surface area contributed by atoms with Crippen molar-refractivity contribution in [3.8, 4) is 0 Å². The van der Waals surface area contributed by atoms with Crippen LogP contribution < -0.4 is 0 Å². The van der Waals surface area contributed by atoms with Crippen LogP contribution in [-0.2, 0) is 21.8 Å². The Balaban J connectivity index is 1.60. The van der Waals surface area contributed by atoms with Crippen LogP contribution in [0.5, 0.6) is 0 Å². The van der Waals surface area contributed by atoms with E-state index in [9.17, 15) is 9.59 Å². The van der Waals surface area contributed by atoms with Crippen molar-refractivity contribution in [1.82, 2.24) is 4.90 Å². The largest absolute Gasteiger partial charge is 0.477 e. The van der Waals surface area contributed by atoms with Crippen molar-refractivity contribution in [2.75, 3.05) is 5.75 Å². The zero-order valence-electron chi connectivity index (χ0n) is 10.9. The van der Waals surface area contributed by atoms with Crippen molar-refractivity contribution in [2.45, 2.75) is 17.5 Å². The van der Waals surface area contributed by atoms with E-state index in [1.807, 2.05) is 17.8 Å². The molecule has 4 rings (SSSR count). The van der Waals surface area contributed by atoms with Gasteiger partial charge in [0, 0.05) is 20.9 Å². The monoisotopic (exact) mass is 337 g/mol. The fourth-order valence-corrected chi connectivity index (χ4v) is 6.11. The minimum Gasteiger partial charge on any atom is -0.477 e. The summed E-state index contributed by atoms with van der Waals surface area (Å²) in [7, 11) is 0. The molecule has 0 aromatic carbocycles. The van der Waals surface area contributed by atoms with Crippen LogP contribution in [0.4, 0.5) is 0 Å². The van der Waals surface area contributed by atoms with Crippen LogP contribution in [0.1, 0.15) is 15.3 Å². The summed E-state index contributed by atoms with van der Waals surface area (Å²) in [5.41, 5.74) is 2.18. The van der Waals surface area contributed by atoms with Crippen molar-refractivity contribution in [3.63, 3.8) is 0 Å². The van der Waals surface area contributed by atoms with Crippen molar-refractivity contribution in [1.29, 1.82) is 0 Å². The molecule has 1 aromatic heterocycles. The van der Waals surface area contributed by atoms with Crippen LogP contribution in [0.2, 0.25) is 0 Å². The number of aliphatic carboxylic acids is 1. The first-order chi connectivity index (χ1) is 10.1. The molecule has 21 heavy (non-hydrogen) atoms. The smallest absolute Gasteiger partial charge is 0.353 e. The molecule has 3 aliphatic rings. The van der Waals surface area contributed by atoms with Crippen molar-refractivity contribution in [2.24, 2.45) is 0 Å². The normalized spacial score (nSPS) is 25.4. The summed E-state index contributed by atoms with van der Waals surface area (Å²) in [6.45, 7) is 0. The molecule has 0 radical (unpaired) electrons. The number of fused-ring (bicyclic) bond motifs is 2. The third kappa shape index (κ3) is 2.06. The Labute approximate surface area is 133 Å². The SMILES string of the molecule is O=C(O)C1=CSC2C(=Cc3cc4c(s3)CCSC4)C(=O)N12. The van der Waals surface area contributed by atoms with Crippen LogP contribution in [0.15, 0.2) is 22.7 Å². The first kappa shape index (κ1) is 13.5. The van der Waals surface area contributed by atoms with Gasteiger partial charge in [0.15, 0.2) is 0 Å². The zero-order valence-corrected chi connectivity index (χ0v) is 13.3. The van der Waals surface area contributed by atoms with Gasteiger partial charge in [-0.1, -0.05) is 0 Å². The zero-order chi connectivity index (χ0) is 14.6. The van der Waals surface area contributed by atoms with E-state index in [1.54, 1.807) is 16.7 Å². The van der Waals surface area contributed by atoms with Crippen LogP contribution in [0.25, 0.3) is 6.08 Å². The molecule has 1 amide bonds. The number of hydrogen-bond donors (Lipinski definition) is 1. The Morgan fingerprint density at radius 3 is 3.10 bits per heavy atom. The molecule has 4 heterocycles. The molecule has 0 aliphatic carbocycles. The number of carboxylic acids is 1. The Bertz CT molecular complexity index is 696. The minimum absolute atomic E-state index is 0.0917. The third-order valence-electron chi connectivity index (χ3n) is 3.70. The van der Waals surface area contributed by atoms with Gasteiger partial charge in [-0.3, -0.25) is 9.69 Å². The molecule has 1 atom stereocenters. The van der Waals surface area contributed by atoms with Gasteiger partial charge in [-0.25, -0.2) is 4.79 Å². The molecule has 108 valence electrons. The number of carboxylic acid groups (broad SMARTS) is 1. The summed E-state index contributed by atoms with van der Waals surface area (Å²) in [6.07, 6.45) is 3.04. The van der Waals surface area contributed by atoms with E-state index in [1.165, 1.54) is 32.9 Å². The second kappa shape index (κ2) is 4.93. The number of thioether (sulfide) groups is 2. The maximum absolute atomic E-state index is 12.1. The fourth-order valence-electron chi connectivity index (χ4n) is 2.66. The first-order valence-electron chi connectivity index (χ1n) is 6.48. The van der Waals surface area contributed by atoms with Crippen LogP contribution in [-0.4, -0.2) is 33.0 Å². The quantitative estimate of drug-likeness (QED) is 0.664. The van der Waals surface area contributed by atoms with Gasteiger partial charge in [-0.05, 0) is 29.9 Å². The lowest BCUT2D eigenvalue weighted by Gasteiger charge is -2.37. The number of aryl methyl sites for hydroxylation is 1. The number of thiophene rings is 1. The second-order valence-corrected chi connectivity index (χ2v) is 8.20. The fraction of sp³-hybridized carbons (Fsp3) is 0.286. The van der Waals surface area contributed by atoms with E-state index in [-0.39, 0.29) is 17.0 Å². The van der Waals surface area contributed by atoms with Gasteiger partial charge in [0.2, 0.25) is 0 Å². The van der Waals surface area contributed by atoms with E-state index in [0.29, 0.717) is 5.57 Å². The second-order valence-electron chi connectivity index (χ2n) is 4.97. The van der Waals surface area contributed by atoms with Gasteiger partial charge in [-0.2, -0.15) is 11.8 Å². The number of rotatable bonds is 2. The molecule has 4 nitrogen and oxygen atoms in total. The average Bonchev–Trinajstić information content (AvgIpc) is 3.05. The molecular formula is C14H11NO3S3. The Morgan fingerprint density at radius 1 is 1.48 bits per heavy atom. The standard InChI is InChI=1S/C14H11NO3S3/c16-12-9(13-15(12)10(6-20-13)14(17)18)4-8-3-7-5-19-2-1-11(7)21-8/h3-4,6,13H,1-2,5H2,(H,17,18). The van der Waals surface area contributed by atoms with Crippen LogP contribution in [0.3, 0.4) is 0 Å².